The number of amides is 1. The Labute approximate surface area is 151 Å². The maximum Gasteiger partial charge on any atom is 0.237 e. The largest absolute Gasteiger partial charge is 0.373 e. The molecule has 25 heavy (non-hydrogen) atoms. The summed E-state index contributed by atoms with van der Waals surface area (Å²) in [6.45, 7) is 13.5. The molecule has 5 nitrogen and oxygen atoms in total. The summed E-state index contributed by atoms with van der Waals surface area (Å²) >= 11 is 0. The molecule has 0 saturated carbocycles. The molecule has 5 heteroatoms. The predicted molar refractivity (Wildman–Crippen MR) is 101 cm³/mol. The lowest BCUT2D eigenvalue weighted by Crippen LogP contribution is -2.48. The first-order valence-corrected chi connectivity index (χ1v) is 9.14. The molecule has 0 spiro atoms. The van der Waals surface area contributed by atoms with Crippen LogP contribution in [0.3, 0.4) is 0 Å². The van der Waals surface area contributed by atoms with Gasteiger partial charge in [0.25, 0.3) is 0 Å². The van der Waals surface area contributed by atoms with Crippen LogP contribution in [0.5, 0.6) is 0 Å². The van der Waals surface area contributed by atoms with Crippen molar-refractivity contribution in [3.8, 4) is 0 Å². The van der Waals surface area contributed by atoms with Crippen LogP contribution in [0.1, 0.15) is 45.7 Å². The van der Waals surface area contributed by atoms with Gasteiger partial charge in [0.15, 0.2) is 0 Å². The van der Waals surface area contributed by atoms with E-state index in [0.29, 0.717) is 6.54 Å². The third kappa shape index (κ3) is 6.10. The summed E-state index contributed by atoms with van der Waals surface area (Å²) in [5, 5.41) is 2.93. The van der Waals surface area contributed by atoms with Crippen LogP contribution in [0.25, 0.3) is 0 Å². The highest BCUT2D eigenvalue weighted by Crippen LogP contribution is 2.18. The number of rotatable bonds is 5. The van der Waals surface area contributed by atoms with Crippen molar-refractivity contribution >= 4 is 5.91 Å². The van der Waals surface area contributed by atoms with Gasteiger partial charge in [0.1, 0.15) is 0 Å². The lowest BCUT2D eigenvalue weighted by molar-refractivity contribution is -0.124. The molecule has 0 bridgehead atoms. The van der Waals surface area contributed by atoms with E-state index in [2.05, 4.69) is 48.3 Å². The normalized spacial score (nSPS) is 23.3. The average Bonchev–Trinajstić information content (AvgIpc) is 2.51. The molecule has 0 aliphatic carbocycles. The number of nitrogens with two attached hydrogens (primary N) is 1. The fourth-order valence-corrected chi connectivity index (χ4v) is 3.13. The molecule has 1 saturated heterocycles. The molecule has 1 aromatic rings. The van der Waals surface area contributed by atoms with Gasteiger partial charge < -0.3 is 15.8 Å². The van der Waals surface area contributed by atoms with E-state index in [4.69, 9.17) is 10.5 Å². The minimum atomic E-state index is -0.503. The minimum Gasteiger partial charge on any atom is -0.373 e. The second-order valence-electron chi connectivity index (χ2n) is 8.33. The van der Waals surface area contributed by atoms with E-state index in [-0.39, 0.29) is 23.5 Å². The van der Waals surface area contributed by atoms with E-state index in [1.807, 2.05) is 20.8 Å². The highest BCUT2D eigenvalue weighted by Gasteiger charge is 2.27. The molecule has 1 fully saturated rings. The molecule has 1 aromatic carbocycles. The number of morpholine rings is 1. The van der Waals surface area contributed by atoms with Gasteiger partial charge in [0, 0.05) is 26.2 Å². The van der Waals surface area contributed by atoms with Crippen molar-refractivity contribution in [2.24, 2.45) is 11.1 Å². The molecule has 1 aliphatic rings. The first-order chi connectivity index (χ1) is 11.6. The van der Waals surface area contributed by atoms with E-state index >= 15 is 0 Å². The summed E-state index contributed by atoms with van der Waals surface area (Å²) in [4.78, 5) is 14.5. The Morgan fingerprint density at radius 2 is 1.72 bits per heavy atom. The third-order valence-electron chi connectivity index (χ3n) is 4.61. The molecule has 1 aliphatic heterocycles. The molecule has 3 N–H and O–H groups in total. The van der Waals surface area contributed by atoms with E-state index in [1.54, 1.807) is 0 Å². The molecule has 2 rings (SSSR count). The van der Waals surface area contributed by atoms with Crippen LogP contribution in [0, 0.1) is 5.41 Å². The highest BCUT2D eigenvalue weighted by molar-refractivity contribution is 5.82. The molecule has 1 amide bonds. The zero-order valence-corrected chi connectivity index (χ0v) is 16.2. The van der Waals surface area contributed by atoms with Gasteiger partial charge >= 0.3 is 0 Å². The second-order valence-corrected chi connectivity index (χ2v) is 8.33. The van der Waals surface area contributed by atoms with Crippen LogP contribution in [-0.4, -0.2) is 42.1 Å². The average molecular weight is 348 g/mol. The van der Waals surface area contributed by atoms with Crippen LogP contribution in [0.15, 0.2) is 24.3 Å². The summed E-state index contributed by atoms with van der Waals surface area (Å²) in [6, 6.07) is 7.92. The Bertz CT molecular complexity index is 555. The number of nitrogens with one attached hydrogen (secondary N) is 1. The van der Waals surface area contributed by atoms with Crippen LogP contribution in [-0.2, 0) is 22.6 Å². The van der Waals surface area contributed by atoms with Crippen molar-refractivity contribution in [1.29, 1.82) is 0 Å². The van der Waals surface area contributed by atoms with Crippen molar-refractivity contribution in [3.05, 3.63) is 35.4 Å². The van der Waals surface area contributed by atoms with Crippen molar-refractivity contribution in [1.82, 2.24) is 10.2 Å². The van der Waals surface area contributed by atoms with E-state index in [1.165, 1.54) is 5.56 Å². The molecular formula is C20H33N3O2. The molecule has 0 radical (unpaired) electrons. The summed E-state index contributed by atoms with van der Waals surface area (Å²) in [7, 11) is 0. The molecule has 3 atom stereocenters. The zero-order valence-electron chi connectivity index (χ0n) is 16.2. The molecule has 0 aromatic heterocycles. The van der Waals surface area contributed by atoms with Crippen molar-refractivity contribution in [2.75, 3.05) is 13.1 Å². The van der Waals surface area contributed by atoms with Gasteiger partial charge in [0.05, 0.1) is 18.2 Å². The highest BCUT2D eigenvalue weighted by atomic mass is 16.5. The monoisotopic (exact) mass is 347 g/mol. The molecule has 2 unspecified atom stereocenters. The summed E-state index contributed by atoms with van der Waals surface area (Å²) in [5.41, 5.74) is 8.11. The number of benzene rings is 1. The molecular weight excluding hydrogens is 314 g/mol. The van der Waals surface area contributed by atoms with Gasteiger partial charge in [-0.15, -0.1) is 0 Å². The van der Waals surface area contributed by atoms with Crippen LogP contribution in [0.2, 0.25) is 0 Å². The van der Waals surface area contributed by atoms with E-state index in [0.717, 1.165) is 25.2 Å². The number of carbonyl (C=O) groups excluding carboxylic acids is 1. The minimum absolute atomic E-state index is 0.104. The standard InChI is InChI=1S/C20H33N3O2/c1-14-11-23(12-15(2)25-14)13-17-8-6-16(7-9-17)10-22-19(24)18(21)20(3,4)5/h6-9,14-15,18H,10-13,21H2,1-5H3,(H,22,24)/t14?,15?,18-/m1/s1. The summed E-state index contributed by atoms with van der Waals surface area (Å²) in [6.07, 6.45) is 0.565. The van der Waals surface area contributed by atoms with Gasteiger partial charge in [-0.3, -0.25) is 9.69 Å². The SMILES string of the molecule is CC1CN(Cc2ccc(CNC(=O)[C@@H](N)C(C)(C)C)cc2)CC(C)O1. The summed E-state index contributed by atoms with van der Waals surface area (Å²) < 4.78 is 5.78. The number of hydrogen-bond acceptors (Lipinski definition) is 4. The number of hydrogen-bond donors (Lipinski definition) is 2. The Kier molecular flexibility index (Phi) is 6.60. The lowest BCUT2D eigenvalue weighted by Gasteiger charge is -2.35. The van der Waals surface area contributed by atoms with Gasteiger partial charge in [-0.2, -0.15) is 0 Å². The number of nitrogens with zero attached hydrogens (tertiary/aromatic N) is 1. The second kappa shape index (κ2) is 8.30. The fourth-order valence-electron chi connectivity index (χ4n) is 3.13. The topological polar surface area (TPSA) is 67.6 Å². The Hall–Kier alpha value is -1.43. The van der Waals surface area contributed by atoms with Crippen molar-refractivity contribution < 1.29 is 9.53 Å². The lowest BCUT2D eigenvalue weighted by atomic mass is 9.87. The van der Waals surface area contributed by atoms with Crippen LogP contribution >= 0.6 is 0 Å². The molecule has 1 heterocycles. The van der Waals surface area contributed by atoms with Gasteiger partial charge in [-0.25, -0.2) is 0 Å². The maximum absolute atomic E-state index is 12.1. The van der Waals surface area contributed by atoms with Crippen molar-refractivity contribution in [2.45, 2.75) is 66.0 Å². The van der Waals surface area contributed by atoms with Crippen LogP contribution in [0.4, 0.5) is 0 Å². The number of ether oxygens (including phenoxy) is 1. The summed E-state index contributed by atoms with van der Waals surface area (Å²) in [5.74, 6) is -0.104. The van der Waals surface area contributed by atoms with Gasteiger partial charge in [-0.05, 0) is 30.4 Å². The third-order valence-corrected chi connectivity index (χ3v) is 4.61. The zero-order chi connectivity index (χ0) is 18.6. The molecule has 140 valence electrons. The van der Waals surface area contributed by atoms with E-state index < -0.39 is 6.04 Å². The van der Waals surface area contributed by atoms with Gasteiger partial charge in [-0.1, -0.05) is 45.0 Å². The first-order valence-electron chi connectivity index (χ1n) is 9.14. The fraction of sp³-hybridized carbons (Fsp3) is 0.650. The number of carbonyl (C=O) groups is 1. The smallest absolute Gasteiger partial charge is 0.237 e. The maximum atomic E-state index is 12.1. The van der Waals surface area contributed by atoms with E-state index in [9.17, 15) is 4.79 Å². The quantitative estimate of drug-likeness (QED) is 0.857. The van der Waals surface area contributed by atoms with Crippen LogP contribution < -0.4 is 11.1 Å². The predicted octanol–water partition coefficient (Wildman–Crippen LogP) is 2.29. The Morgan fingerprint density at radius 3 is 2.24 bits per heavy atom. The van der Waals surface area contributed by atoms with Gasteiger partial charge in [0.2, 0.25) is 5.91 Å². The first kappa shape index (κ1) is 19.9. The van der Waals surface area contributed by atoms with Crippen molar-refractivity contribution in [3.63, 3.8) is 0 Å². The Morgan fingerprint density at radius 1 is 1.20 bits per heavy atom. The Balaban J connectivity index is 1.84.